The van der Waals surface area contributed by atoms with Gasteiger partial charge in [-0.25, -0.2) is 8.42 Å². The maximum Gasteiger partial charge on any atom is 0.312 e. The molecule has 0 aliphatic carbocycles. The van der Waals surface area contributed by atoms with Gasteiger partial charge in [0.1, 0.15) is 10.7 Å². The number of ether oxygens (including phenoxy) is 1. The third-order valence-electron chi connectivity index (χ3n) is 2.45. The van der Waals surface area contributed by atoms with Crippen LogP contribution in [0.1, 0.15) is 27.2 Å². The molecule has 2 atom stereocenters. The van der Waals surface area contributed by atoms with Gasteiger partial charge in [-0.2, -0.15) is 0 Å². The van der Waals surface area contributed by atoms with Crippen LogP contribution in [0, 0.1) is 11.3 Å². The Morgan fingerprint density at radius 2 is 2.06 bits per heavy atom. The molecule has 1 heterocycles. The highest BCUT2D eigenvalue weighted by molar-refractivity contribution is 7.72. The van der Waals surface area contributed by atoms with Crippen LogP contribution in [0.25, 0.3) is 0 Å². The van der Waals surface area contributed by atoms with Crippen LogP contribution in [0.3, 0.4) is 0 Å². The highest BCUT2D eigenvalue weighted by Gasteiger charge is 2.31. The van der Waals surface area contributed by atoms with Crippen LogP contribution in [-0.4, -0.2) is 32.9 Å². The van der Waals surface area contributed by atoms with Crippen LogP contribution >= 0.6 is 0 Å². The number of thiol groups is 1. The van der Waals surface area contributed by atoms with Crippen LogP contribution < -0.4 is 5.32 Å². The number of esters is 1. The molecular formula is C10H19NO4S. The molecule has 1 aliphatic heterocycles. The number of hydrogen-bond donors (Lipinski definition) is 2. The minimum atomic E-state index is -2.35. The fourth-order valence-electron chi connectivity index (χ4n) is 1.51. The highest BCUT2D eigenvalue weighted by Crippen LogP contribution is 2.20. The van der Waals surface area contributed by atoms with E-state index in [-0.39, 0.29) is 23.9 Å². The average molecular weight is 249 g/mol. The quantitative estimate of drug-likeness (QED) is 0.549. The fraction of sp³-hybridized carbons (Fsp3) is 0.900. The molecule has 5 nitrogen and oxygen atoms in total. The first-order valence-corrected chi connectivity index (χ1v) is 6.71. The Morgan fingerprint density at radius 3 is 2.56 bits per heavy atom. The molecular weight excluding hydrogens is 230 g/mol. The normalized spacial score (nSPS) is 26.0. The molecule has 94 valence electrons. The monoisotopic (exact) mass is 249 g/mol. The van der Waals surface area contributed by atoms with Crippen molar-refractivity contribution in [2.24, 2.45) is 11.3 Å². The van der Waals surface area contributed by atoms with Crippen molar-refractivity contribution in [2.45, 2.75) is 33.4 Å². The fourth-order valence-corrected chi connectivity index (χ4v) is 2.21. The smallest absolute Gasteiger partial charge is 0.312 e. The molecule has 6 heteroatoms. The second-order valence-corrected chi connectivity index (χ2v) is 6.20. The molecule has 1 saturated heterocycles. The van der Waals surface area contributed by atoms with Gasteiger partial charge in [0.25, 0.3) is 0 Å². The van der Waals surface area contributed by atoms with E-state index in [9.17, 15) is 13.2 Å². The van der Waals surface area contributed by atoms with E-state index in [0.717, 1.165) is 0 Å². The molecule has 2 unspecified atom stereocenters. The Balaban J connectivity index is 2.40. The van der Waals surface area contributed by atoms with Crippen LogP contribution in [0.15, 0.2) is 0 Å². The molecule has 0 amide bonds. The molecule has 0 aromatic rings. The largest absolute Gasteiger partial charge is 0.446 e. The Bertz CT molecular complexity index is 324. The van der Waals surface area contributed by atoms with Crippen molar-refractivity contribution in [3.63, 3.8) is 0 Å². The summed E-state index contributed by atoms with van der Waals surface area (Å²) >= 11 is 0. The molecule has 1 N–H and O–H groups in total. The van der Waals surface area contributed by atoms with E-state index < -0.39 is 16.1 Å². The number of carbonyl (C=O) groups excluding carboxylic acids is 1. The van der Waals surface area contributed by atoms with Crippen molar-refractivity contribution in [2.75, 3.05) is 12.3 Å². The molecule has 1 aliphatic rings. The van der Waals surface area contributed by atoms with E-state index in [2.05, 4.69) is 5.32 Å². The Morgan fingerprint density at radius 1 is 1.44 bits per heavy atom. The molecule has 0 bridgehead atoms. The van der Waals surface area contributed by atoms with Crippen LogP contribution in [0.5, 0.6) is 0 Å². The van der Waals surface area contributed by atoms with Gasteiger partial charge in [-0.05, 0) is 26.7 Å². The van der Waals surface area contributed by atoms with Gasteiger partial charge in [0.05, 0.1) is 11.2 Å². The first kappa shape index (κ1) is 13.4. The summed E-state index contributed by atoms with van der Waals surface area (Å²) in [4.78, 5) is 11.6. The third kappa shape index (κ3) is 4.09. The Kier molecular flexibility index (Phi) is 4.32. The summed E-state index contributed by atoms with van der Waals surface area (Å²) in [7, 11) is -2.35. The van der Waals surface area contributed by atoms with Gasteiger partial charge in [-0.3, -0.25) is 10.1 Å². The lowest BCUT2D eigenvalue weighted by Gasteiger charge is -2.20. The lowest BCUT2D eigenvalue weighted by Crippen LogP contribution is -2.33. The zero-order valence-corrected chi connectivity index (χ0v) is 10.8. The standard InChI is InChI=1S/C10H19NO4S/c1-10(2,3)9(12)15-8-4-7(5-11-8)6-16(13)14/h7-8,11,16H,4-6H2,1-3H3. The summed E-state index contributed by atoms with van der Waals surface area (Å²) in [5, 5.41) is 3.00. The maximum atomic E-state index is 11.6. The molecule has 0 aromatic carbocycles. The molecule has 1 rings (SSSR count). The van der Waals surface area contributed by atoms with Gasteiger partial charge in [0, 0.05) is 13.0 Å². The number of carbonyl (C=O) groups is 1. The number of rotatable bonds is 3. The van der Waals surface area contributed by atoms with Crippen molar-refractivity contribution in [3.05, 3.63) is 0 Å². The third-order valence-corrected chi connectivity index (χ3v) is 3.27. The van der Waals surface area contributed by atoms with E-state index >= 15 is 0 Å². The summed E-state index contributed by atoms with van der Waals surface area (Å²) in [6.07, 6.45) is 0.233. The van der Waals surface area contributed by atoms with Crippen molar-refractivity contribution < 1.29 is 17.9 Å². The average Bonchev–Trinajstić information content (AvgIpc) is 2.49. The summed E-state index contributed by atoms with van der Waals surface area (Å²) < 4.78 is 26.3. The van der Waals surface area contributed by atoms with Crippen LogP contribution in [0.4, 0.5) is 0 Å². The Hall–Kier alpha value is -0.620. The second-order valence-electron chi connectivity index (χ2n) is 5.17. The second kappa shape index (κ2) is 5.14. The van der Waals surface area contributed by atoms with E-state index in [1.165, 1.54) is 0 Å². The molecule has 0 radical (unpaired) electrons. The highest BCUT2D eigenvalue weighted by atomic mass is 32.2. The van der Waals surface area contributed by atoms with Crippen molar-refractivity contribution >= 4 is 16.7 Å². The van der Waals surface area contributed by atoms with Crippen molar-refractivity contribution in [1.29, 1.82) is 0 Å². The number of hydrogen-bond acceptors (Lipinski definition) is 5. The maximum absolute atomic E-state index is 11.6. The lowest BCUT2D eigenvalue weighted by molar-refractivity contribution is -0.159. The first-order valence-electron chi connectivity index (χ1n) is 5.35. The van der Waals surface area contributed by atoms with Gasteiger partial charge in [-0.1, -0.05) is 0 Å². The van der Waals surface area contributed by atoms with E-state index in [4.69, 9.17) is 4.74 Å². The van der Waals surface area contributed by atoms with Gasteiger partial charge in [0.2, 0.25) is 0 Å². The zero-order chi connectivity index (χ0) is 12.3. The summed E-state index contributed by atoms with van der Waals surface area (Å²) in [6, 6.07) is 0. The van der Waals surface area contributed by atoms with E-state index in [1.807, 2.05) is 0 Å². The molecule has 16 heavy (non-hydrogen) atoms. The van der Waals surface area contributed by atoms with Gasteiger partial charge in [-0.15, -0.1) is 0 Å². The molecule has 0 aromatic heterocycles. The van der Waals surface area contributed by atoms with Crippen molar-refractivity contribution in [3.8, 4) is 0 Å². The summed E-state index contributed by atoms with van der Waals surface area (Å²) in [5.41, 5.74) is -0.524. The minimum absolute atomic E-state index is 0.0545. The van der Waals surface area contributed by atoms with Gasteiger partial charge < -0.3 is 4.74 Å². The lowest BCUT2D eigenvalue weighted by atomic mass is 9.97. The molecule has 0 saturated carbocycles. The van der Waals surface area contributed by atoms with E-state index in [1.54, 1.807) is 20.8 Å². The Labute approximate surface area is 97.5 Å². The van der Waals surface area contributed by atoms with Crippen molar-refractivity contribution in [1.82, 2.24) is 5.32 Å². The first-order chi connectivity index (χ1) is 7.29. The minimum Gasteiger partial charge on any atom is -0.446 e. The molecule has 1 fully saturated rings. The topological polar surface area (TPSA) is 72.5 Å². The predicted molar refractivity (Wildman–Crippen MR) is 60.6 cm³/mol. The molecule has 0 spiro atoms. The zero-order valence-electron chi connectivity index (χ0n) is 9.86. The predicted octanol–water partition coefficient (Wildman–Crippen LogP) is 0.123. The SMILES string of the molecule is CC(C)(C)C(=O)OC1CC(C[SH](=O)=O)CN1. The van der Waals surface area contributed by atoms with Gasteiger partial charge >= 0.3 is 5.97 Å². The van der Waals surface area contributed by atoms with Crippen LogP contribution in [-0.2, 0) is 20.2 Å². The van der Waals surface area contributed by atoms with Gasteiger partial charge in [0.15, 0.2) is 6.23 Å². The summed E-state index contributed by atoms with van der Waals surface area (Å²) in [5.74, 6) is -0.0534. The van der Waals surface area contributed by atoms with E-state index in [0.29, 0.717) is 13.0 Å². The summed E-state index contributed by atoms with van der Waals surface area (Å²) in [6.45, 7) is 5.95. The van der Waals surface area contributed by atoms with Crippen LogP contribution in [0.2, 0.25) is 0 Å². The number of nitrogens with one attached hydrogen (secondary N) is 1.